The molecule has 0 fully saturated rings. The van der Waals surface area contributed by atoms with E-state index in [0.29, 0.717) is 13.1 Å². The zero-order valence-corrected chi connectivity index (χ0v) is 13.1. The average molecular weight is 323 g/mol. The highest BCUT2D eigenvalue weighted by Crippen LogP contribution is 2.29. The van der Waals surface area contributed by atoms with Crippen molar-refractivity contribution in [1.82, 2.24) is 4.90 Å². The lowest BCUT2D eigenvalue weighted by Crippen LogP contribution is -2.45. The molecule has 1 amide bonds. The van der Waals surface area contributed by atoms with Crippen LogP contribution in [-0.2, 0) is 11.3 Å². The predicted molar refractivity (Wildman–Crippen MR) is 85.2 cm³/mol. The molecule has 0 aliphatic carbocycles. The second kappa shape index (κ2) is 5.95. The van der Waals surface area contributed by atoms with Crippen LogP contribution in [0.15, 0.2) is 36.4 Å². The van der Waals surface area contributed by atoms with Crippen LogP contribution in [-0.4, -0.2) is 30.5 Å². The lowest BCUT2D eigenvalue weighted by atomic mass is 10.2. The summed E-state index contributed by atoms with van der Waals surface area (Å²) in [6, 6.07) is 11.4. The number of likely N-dealkylation sites (N-methyl/N-ethyl adjacent to an activating group) is 1. The van der Waals surface area contributed by atoms with Gasteiger partial charge in [-0.15, -0.1) is 11.3 Å². The van der Waals surface area contributed by atoms with Gasteiger partial charge in [-0.05, 0) is 24.3 Å². The van der Waals surface area contributed by atoms with Crippen LogP contribution in [0.2, 0.25) is 4.34 Å². The van der Waals surface area contributed by atoms with Gasteiger partial charge in [-0.1, -0.05) is 23.7 Å². The summed E-state index contributed by atoms with van der Waals surface area (Å²) in [5.41, 5.74) is 0.925. The van der Waals surface area contributed by atoms with Gasteiger partial charge in [0.25, 0.3) is 5.91 Å². The number of nitrogens with one attached hydrogen (secondary N) is 1. The standard InChI is InChI=1S/C15H15ClN2O2S/c1-18(9-10-6-7-14(16)21-10)15(19)13-8-17-11-4-2-3-5-12(11)20-13/h2-7,13,17H,8-9H2,1H3. The van der Waals surface area contributed by atoms with Crippen LogP contribution in [0.4, 0.5) is 5.69 Å². The summed E-state index contributed by atoms with van der Waals surface area (Å²) in [4.78, 5) is 15.2. The molecule has 2 aromatic rings. The molecule has 110 valence electrons. The van der Waals surface area contributed by atoms with Gasteiger partial charge in [0.15, 0.2) is 6.10 Å². The number of hydrogen-bond acceptors (Lipinski definition) is 4. The maximum Gasteiger partial charge on any atom is 0.265 e. The quantitative estimate of drug-likeness (QED) is 0.943. The molecule has 6 heteroatoms. The van der Waals surface area contributed by atoms with Crippen molar-refractivity contribution in [1.29, 1.82) is 0 Å². The molecule has 1 atom stereocenters. The molecule has 1 N–H and O–H groups in total. The zero-order valence-electron chi connectivity index (χ0n) is 11.5. The molecule has 1 aliphatic heterocycles. The molecule has 3 rings (SSSR count). The topological polar surface area (TPSA) is 41.6 Å². The summed E-state index contributed by atoms with van der Waals surface area (Å²) in [5.74, 6) is 0.677. The Balaban J connectivity index is 1.66. The number of fused-ring (bicyclic) bond motifs is 1. The maximum atomic E-state index is 12.5. The van der Waals surface area contributed by atoms with Crippen LogP contribution in [0.25, 0.3) is 0 Å². The van der Waals surface area contributed by atoms with Crippen LogP contribution in [0.1, 0.15) is 4.88 Å². The first kappa shape index (κ1) is 14.2. The Morgan fingerprint density at radius 3 is 3.00 bits per heavy atom. The number of nitrogens with zero attached hydrogens (tertiary/aromatic N) is 1. The summed E-state index contributed by atoms with van der Waals surface area (Å²) < 4.78 is 6.51. The van der Waals surface area contributed by atoms with Gasteiger partial charge in [0, 0.05) is 11.9 Å². The van der Waals surface area contributed by atoms with Crippen molar-refractivity contribution >= 4 is 34.5 Å². The predicted octanol–water partition coefficient (Wildman–Crippen LogP) is 3.23. The minimum Gasteiger partial charge on any atom is -0.477 e. The zero-order chi connectivity index (χ0) is 14.8. The first-order chi connectivity index (χ1) is 10.1. The van der Waals surface area contributed by atoms with E-state index >= 15 is 0 Å². The molecule has 21 heavy (non-hydrogen) atoms. The van der Waals surface area contributed by atoms with Crippen LogP contribution >= 0.6 is 22.9 Å². The number of carbonyl (C=O) groups is 1. The molecule has 4 nitrogen and oxygen atoms in total. The Hall–Kier alpha value is -1.72. The van der Waals surface area contributed by atoms with Gasteiger partial charge < -0.3 is 15.0 Å². The van der Waals surface area contributed by atoms with E-state index in [-0.39, 0.29) is 5.91 Å². The van der Waals surface area contributed by atoms with Gasteiger partial charge in [-0.2, -0.15) is 0 Å². The van der Waals surface area contributed by atoms with Crippen LogP contribution in [0, 0.1) is 0 Å². The van der Waals surface area contributed by atoms with Crippen molar-refractivity contribution in [3.63, 3.8) is 0 Å². The fourth-order valence-corrected chi connectivity index (χ4v) is 3.39. The lowest BCUT2D eigenvalue weighted by Gasteiger charge is -2.29. The van der Waals surface area contributed by atoms with E-state index in [2.05, 4.69) is 5.32 Å². The van der Waals surface area contributed by atoms with E-state index in [9.17, 15) is 4.79 Å². The van der Waals surface area contributed by atoms with Crippen LogP contribution in [0.5, 0.6) is 5.75 Å². The molecule has 1 aliphatic rings. The smallest absolute Gasteiger partial charge is 0.265 e. The van der Waals surface area contributed by atoms with Gasteiger partial charge in [0.1, 0.15) is 5.75 Å². The SMILES string of the molecule is CN(Cc1ccc(Cl)s1)C(=O)C1CNc2ccccc2O1. The molecule has 0 saturated carbocycles. The Morgan fingerprint density at radius 2 is 2.24 bits per heavy atom. The number of hydrogen-bond donors (Lipinski definition) is 1. The molecule has 1 aromatic heterocycles. The summed E-state index contributed by atoms with van der Waals surface area (Å²) in [6.45, 7) is 1.02. The number of ether oxygens (including phenoxy) is 1. The monoisotopic (exact) mass is 322 g/mol. The molecule has 0 radical (unpaired) electrons. The number of benzene rings is 1. The number of carbonyl (C=O) groups excluding carboxylic acids is 1. The Kier molecular flexibility index (Phi) is 4.03. The minimum absolute atomic E-state index is 0.0403. The molecule has 0 saturated heterocycles. The van der Waals surface area contributed by atoms with Crippen molar-refractivity contribution in [3.05, 3.63) is 45.6 Å². The number of para-hydroxylation sites is 2. The number of halogens is 1. The van der Waals surface area contributed by atoms with Crippen molar-refractivity contribution in [2.75, 3.05) is 18.9 Å². The number of anilines is 1. The molecular weight excluding hydrogens is 308 g/mol. The minimum atomic E-state index is -0.500. The first-order valence-electron chi connectivity index (χ1n) is 6.62. The highest BCUT2D eigenvalue weighted by molar-refractivity contribution is 7.16. The maximum absolute atomic E-state index is 12.5. The van der Waals surface area contributed by atoms with Gasteiger partial charge in [-0.3, -0.25) is 4.79 Å². The van der Waals surface area contributed by atoms with Gasteiger partial charge in [0.2, 0.25) is 0 Å². The highest BCUT2D eigenvalue weighted by Gasteiger charge is 2.28. The summed E-state index contributed by atoms with van der Waals surface area (Å²) in [5, 5.41) is 3.23. The van der Waals surface area contributed by atoms with Crippen LogP contribution in [0.3, 0.4) is 0 Å². The molecule has 0 spiro atoms. The van der Waals surface area contributed by atoms with E-state index in [0.717, 1.165) is 20.7 Å². The van der Waals surface area contributed by atoms with Gasteiger partial charge in [-0.25, -0.2) is 0 Å². The average Bonchev–Trinajstić information content (AvgIpc) is 2.91. The van der Waals surface area contributed by atoms with Crippen molar-refractivity contribution < 1.29 is 9.53 Å². The molecule has 2 heterocycles. The molecular formula is C15H15ClN2O2S. The first-order valence-corrected chi connectivity index (χ1v) is 7.81. The Labute approximate surface area is 132 Å². The van der Waals surface area contributed by atoms with Crippen molar-refractivity contribution in [3.8, 4) is 5.75 Å². The third-order valence-electron chi connectivity index (χ3n) is 3.31. The summed E-state index contributed by atoms with van der Waals surface area (Å²) in [7, 11) is 1.78. The second-order valence-electron chi connectivity index (χ2n) is 4.88. The molecule has 0 bridgehead atoms. The molecule has 1 aromatic carbocycles. The number of rotatable bonds is 3. The third kappa shape index (κ3) is 3.14. The van der Waals surface area contributed by atoms with Gasteiger partial charge >= 0.3 is 0 Å². The van der Waals surface area contributed by atoms with E-state index in [4.69, 9.17) is 16.3 Å². The highest BCUT2D eigenvalue weighted by atomic mass is 35.5. The lowest BCUT2D eigenvalue weighted by molar-refractivity contribution is -0.137. The fraction of sp³-hybridized carbons (Fsp3) is 0.267. The van der Waals surface area contributed by atoms with E-state index < -0.39 is 6.10 Å². The molecule has 1 unspecified atom stereocenters. The van der Waals surface area contributed by atoms with E-state index in [1.807, 2.05) is 36.4 Å². The summed E-state index contributed by atoms with van der Waals surface area (Å²) >= 11 is 7.39. The Bertz CT molecular complexity index is 659. The number of thiophene rings is 1. The van der Waals surface area contributed by atoms with Crippen molar-refractivity contribution in [2.24, 2.45) is 0 Å². The third-order valence-corrected chi connectivity index (χ3v) is 4.52. The fourth-order valence-electron chi connectivity index (χ4n) is 2.24. The second-order valence-corrected chi connectivity index (χ2v) is 6.68. The van der Waals surface area contributed by atoms with Gasteiger partial charge in [0.05, 0.1) is 23.1 Å². The number of amides is 1. The van der Waals surface area contributed by atoms with Crippen molar-refractivity contribution in [2.45, 2.75) is 12.6 Å². The summed E-state index contributed by atoms with van der Waals surface area (Å²) in [6.07, 6.45) is -0.500. The largest absolute Gasteiger partial charge is 0.477 e. The Morgan fingerprint density at radius 1 is 1.43 bits per heavy atom. The van der Waals surface area contributed by atoms with Crippen LogP contribution < -0.4 is 10.1 Å². The van der Waals surface area contributed by atoms with E-state index in [1.54, 1.807) is 11.9 Å². The normalized spacial score (nSPS) is 16.6. The van der Waals surface area contributed by atoms with E-state index in [1.165, 1.54) is 11.3 Å².